The summed E-state index contributed by atoms with van der Waals surface area (Å²) in [6.07, 6.45) is 17.1. The van der Waals surface area contributed by atoms with Crippen LogP contribution in [0.5, 0.6) is 0 Å². The summed E-state index contributed by atoms with van der Waals surface area (Å²) in [6, 6.07) is 4.30. The lowest BCUT2D eigenvalue weighted by molar-refractivity contribution is -0.148. The molecule has 1 heterocycles. The first-order valence-corrected chi connectivity index (χ1v) is 11.4. The zero-order valence-electron chi connectivity index (χ0n) is 18.0. The number of ether oxygens (including phenoxy) is 1. The summed E-state index contributed by atoms with van der Waals surface area (Å²) >= 11 is 0. The van der Waals surface area contributed by atoms with Crippen LogP contribution < -0.4 is 0 Å². The second-order valence-corrected chi connectivity index (χ2v) is 10.3. The number of nitrogens with zero attached hydrogens (tertiary/aromatic N) is 1. The van der Waals surface area contributed by atoms with Gasteiger partial charge in [-0.2, -0.15) is 0 Å². The van der Waals surface area contributed by atoms with Gasteiger partial charge in [0.25, 0.3) is 0 Å². The SMILES string of the molecule is CC(=O)O[C@H]1CC[C@]2(C)C(=CC[C@H]3[C@H]4CC=C(c5cccnc5)[C@@]4(C)CC[C@@H]32)C1. The summed E-state index contributed by atoms with van der Waals surface area (Å²) in [5, 5.41) is 0. The molecule has 6 atom stereocenters. The van der Waals surface area contributed by atoms with Gasteiger partial charge in [0, 0.05) is 25.7 Å². The highest BCUT2D eigenvalue weighted by atomic mass is 16.5. The lowest BCUT2D eigenvalue weighted by atomic mass is 9.47. The van der Waals surface area contributed by atoms with E-state index in [2.05, 4.69) is 43.1 Å². The number of aromatic nitrogens is 1. The van der Waals surface area contributed by atoms with Crippen LogP contribution in [0.15, 0.2) is 42.3 Å². The van der Waals surface area contributed by atoms with Crippen LogP contribution in [0.25, 0.3) is 5.57 Å². The van der Waals surface area contributed by atoms with Crippen molar-refractivity contribution in [2.24, 2.45) is 28.6 Å². The summed E-state index contributed by atoms with van der Waals surface area (Å²) < 4.78 is 5.58. The quantitative estimate of drug-likeness (QED) is 0.460. The molecule has 0 aromatic carbocycles. The van der Waals surface area contributed by atoms with Gasteiger partial charge in [-0.3, -0.25) is 9.78 Å². The second kappa shape index (κ2) is 6.82. The summed E-state index contributed by atoms with van der Waals surface area (Å²) in [5.74, 6) is 2.12. The predicted molar refractivity (Wildman–Crippen MR) is 115 cm³/mol. The zero-order valence-corrected chi connectivity index (χ0v) is 18.0. The van der Waals surface area contributed by atoms with Crippen molar-refractivity contribution in [3.63, 3.8) is 0 Å². The summed E-state index contributed by atoms with van der Waals surface area (Å²) in [7, 11) is 0. The topological polar surface area (TPSA) is 39.2 Å². The van der Waals surface area contributed by atoms with Crippen LogP contribution in [0.1, 0.15) is 71.3 Å². The van der Waals surface area contributed by atoms with E-state index in [1.807, 2.05) is 12.4 Å². The summed E-state index contributed by atoms with van der Waals surface area (Å²) in [4.78, 5) is 15.8. The van der Waals surface area contributed by atoms with E-state index in [9.17, 15) is 4.79 Å². The number of fused-ring (bicyclic) bond motifs is 5. The van der Waals surface area contributed by atoms with Crippen LogP contribution >= 0.6 is 0 Å². The molecule has 0 aliphatic heterocycles. The van der Waals surface area contributed by atoms with Crippen molar-refractivity contribution >= 4 is 11.5 Å². The van der Waals surface area contributed by atoms with Crippen molar-refractivity contribution in [3.8, 4) is 0 Å². The Hall–Kier alpha value is -1.90. The van der Waals surface area contributed by atoms with Crippen LogP contribution in [0.4, 0.5) is 0 Å². The average Bonchev–Trinajstić information content (AvgIpc) is 3.06. The molecule has 154 valence electrons. The first kappa shape index (κ1) is 19.1. The van der Waals surface area contributed by atoms with Crippen molar-refractivity contribution in [2.45, 2.75) is 71.8 Å². The molecule has 0 bridgehead atoms. The number of allylic oxidation sites excluding steroid dienone is 3. The third kappa shape index (κ3) is 2.92. The number of pyridine rings is 1. The van der Waals surface area contributed by atoms with Gasteiger partial charge >= 0.3 is 5.97 Å². The molecule has 29 heavy (non-hydrogen) atoms. The molecule has 4 aliphatic rings. The maximum Gasteiger partial charge on any atom is 0.302 e. The van der Waals surface area contributed by atoms with Gasteiger partial charge in [-0.15, -0.1) is 0 Å². The Balaban J connectivity index is 1.41. The van der Waals surface area contributed by atoms with Gasteiger partial charge in [0.2, 0.25) is 0 Å². The maximum absolute atomic E-state index is 11.4. The monoisotopic (exact) mass is 391 g/mol. The Labute approximate surface area is 174 Å². The molecule has 5 rings (SSSR count). The van der Waals surface area contributed by atoms with Gasteiger partial charge in [-0.1, -0.05) is 37.6 Å². The van der Waals surface area contributed by atoms with Crippen LogP contribution in [-0.2, 0) is 9.53 Å². The minimum Gasteiger partial charge on any atom is -0.462 e. The molecule has 0 amide bonds. The molecule has 2 fully saturated rings. The molecular weight excluding hydrogens is 358 g/mol. The van der Waals surface area contributed by atoms with Crippen molar-refractivity contribution in [2.75, 3.05) is 0 Å². The highest BCUT2D eigenvalue weighted by Gasteiger charge is 2.56. The Morgan fingerprint density at radius 3 is 2.69 bits per heavy atom. The minimum absolute atomic E-state index is 0.0857. The van der Waals surface area contributed by atoms with Crippen LogP contribution in [0.3, 0.4) is 0 Å². The molecule has 4 aliphatic carbocycles. The largest absolute Gasteiger partial charge is 0.462 e. The first-order chi connectivity index (χ1) is 13.9. The molecular formula is C26H33NO2. The van der Waals surface area contributed by atoms with Crippen molar-refractivity contribution in [3.05, 3.63) is 47.8 Å². The van der Waals surface area contributed by atoms with Gasteiger partial charge in [0.05, 0.1) is 0 Å². The number of rotatable bonds is 2. The van der Waals surface area contributed by atoms with E-state index in [-0.39, 0.29) is 22.9 Å². The minimum atomic E-state index is -0.138. The molecule has 0 radical (unpaired) electrons. The Morgan fingerprint density at radius 2 is 1.93 bits per heavy atom. The van der Waals surface area contributed by atoms with E-state index in [1.54, 1.807) is 5.57 Å². The van der Waals surface area contributed by atoms with Gasteiger partial charge in [0.15, 0.2) is 0 Å². The fourth-order valence-electron chi connectivity index (χ4n) is 7.50. The molecule has 2 saturated carbocycles. The van der Waals surface area contributed by atoms with Crippen molar-refractivity contribution in [1.29, 1.82) is 0 Å². The molecule has 0 saturated heterocycles. The Bertz CT molecular complexity index is 872. The predicted octanol–water partition coefficient (Wildman–Crippen LogP) is 5.97. The van der Waals surface area contributed by atoms with Gasteiger partial charge in [0.1, 0.15) is 6.10 Å². The fraction of sp³-hybridized carbons (Fsp3) is 0.615. The highest BCUT2D eigenvalue weighted by Crippen LogP contribution is 2.66. The number of hydrogen-bond donors (Lipinski definition) is 0. The van der Waals surface area contributed by atoms with Crippen molar-refractivity contribution < 1.29 is 9.53 Å². The lowest BCUT2D eigenvalue weighted by Crippen LogP contribution is -2.50. The standard InChI is InChI=1S/C26H33NO2/c1-17(28)29-20-10-12-25(2)19(15-20)6-7-21-23-9-8-22(18-5-4-14-27-16-18)26(23,3)13-11-24(21)25/h4-6,8,14,16,20-21,23-24H,7,9-13,15H2,1-3H3/t20-,21-,23+,24-,25+,26+/m0/s1. The Kier molecular flexibility index (Phi) is 4.49. The van der Waals surface area contributed by atoms with E-state index in [0.29, 0.717) is 0 Å². The van der Waals surface area contributed by atoms with Gasteiger partial charge in [-0.05, 0) is 84.3 Å². The summed E-state index contributed by atoms with van der Waals surface area (Å²) in [6.45, 7) is 6.56. The molecule has 0 spiro atoms. The van der Waals surface area contributed by atoms with E-state index >= 15 is 0 Å². The molecule has 0 N–H and O–H groups in total. The average molecular weight is 392 g/mol. The number of hydrogen-bond acceptors (Lipinski definition) is 3. The second-order valence-electron chi connectivity index (χ2n) is 10.3. The third-order valence-corrected chi connectivity index (χ3v) is 8.94. The fourth-order valence-corrected chi connectivity index (χ4v) is 7.50. The Morgan fingerprint density at radius 1 is 1.10 bits per heavy atom. The molecule has 0 unspecified atom stereocenters. The van der Waals surface area contributed by atoms with E-state index < -0.39 is 0 Å². The molecule has 3 heteroatoms. The molecule has 1 aromatic heterocycles. The molecule has 1 aromatic rings. The maximum atomic E-state index is 11.4. The van der Waals surface area contributed by atoms with Crippen LogP contribution in [0, 0.1) is 28.6 Å². The van der Waals surface area contributed by atoms with Crippen molar-refractivity contribution in [1.82, 2.24) is 4.98 Å². The van der Waals surface area contributed by atoms with E-state index in [4.69, 9.17) is 4.74 Å². The lowest BCUT2D eigenvalue weighted by Gasteiger charge is -2.57. The molecule has 3 nitrogen and oxygen atoms in total. The smallest absolute Gasteiger partial charge is 0.302 e. The highest BCUT2D eigenvalue weighted by molar-refractivity contribution is 5.72. The number of esters is 1. The zero-order chi connectivity index (χ0) is 20.2. The van der Waals surface area contributed by atoms with Crippen LogP contribution in [0.2, 0.25) is 0 Å². The van der Waals surface area contributed by atoms with E-state index in [0.717, 1.165) is 37.0 Å². The normalized spacial score (nSPS) is 40.8. The van der Waals surface area contributed by atoms with E-state index in [1.165, 1.54) is 43.7 Å². The van der Waals surface area contributed by atoms with Gasteiger partial charge in [-0.25, -0.2) is 0 Å². The summed E-state index contributed by atoms with van der Waals surface area (Å²) in [5.41, 5.74) is 4.99. The number of carbonyl (C=O) groups excluding carboxylic acids is 1. The van der Waals surface area contributed by atoms with Crippen LogP contribution in [-0.4, -0.2) is 17.1 Å². The first-order valence-electron chi connectivity index (χ1n) is 11.4. The third-order valence-electron chi connectivity index (χ3n) is 8.94. The number of carbonyl (C=O) groups is 1. The van der Waals surface area contributed by atoms with Gasteiger partial charge < -0.3 is 4.74 Å².